The molecule has 86 valence electrons. The number of carbonyl (C=O) groups is 1. The molecule has 1 aliphatic rings. The SMILES string of the molecule is CCn1cc(C2=NO[C@@H](C(=O)O)C2)c(C)n1. The summed E-state index contributed by atoms with van der Waals surface area (Å²) in [6.45, 7) is 4.64. The summed E-state index contributed by atoms with van der Waals surface area (Å²) in [5, 5.41) is 16.9. The Hall–Kier alpha value is -1.85. The number of aliphatic carboxylic acids is 1. The second kappa shape index (κ2) is 3.96. The number of carboxylic acid groups (broad SMARTS) is 1. The summed E-state index contributed by atoms with van der Waals surface area (Å²) in [5.74, 6) is -0.987. The van der Waals surface area contributed by atoms with Crippen molar-refractivity contribution in [2.24, 2.45) is 5.16 Å². The van der Waals surface area contributed by atoms with Crippen molar-refractivity contribution >= 4 is 11.7 Å². The van der Waals surface area contributed by atoms with E-state index in [0.717, 1.165) is 17.8 Å². The van der Waals surface area contributed by atoms with Crippen LogP contribution in [0.2, 0.25) is 0 Å². The maximum Gasteiger partial charge on any atom is 0.348 e. The first-order valence-electron chi connectivity index (χ1n) is 5.11. The van der Waals surface area contributed by atoms with Crippen molar-refractivity contribution in [1.82, 2.24) is 9.78 Å². The summed E-state index contributed by atoms with van der Waals surface area (Å²) in [5.41, 5.74) is 2.37. The van der Waals surface area contributed by atoms with Gasteiger partial charge in [-0.05, 0) is 13.8 Å². The molecule has 1 atom stereocenters. The van der Waals surface area contributed by atoms with Crippen LogP contribution in [0.5, 0.6) is 0 Å². The van der Waals surface area contributed by atoms with Gasteiger partial charge in [-0.3, -0.25) is 4.68 Å². The van der Waals surface area contributed by atoms with Crippen LogP contribution in [0.25, 0.3) is 0 Å². The molecule has 2 heterocycles. The Balaban J connectivity index is 2.20. The van der Waals surface area contributed by atoms with Gasteiger partial charge in [-0.25, -0.2) is 4.79 Å². The molecule has 0 radical (unpaired) electrons. The van der Waals surface area contributed by atoms with Gasteiger partial charge < -0.3 is 9.94 Å². The average Bonchev–Trinajstić information content (AvgIpc) is 2.83. The lowest BCUT2D eigenvalue weighted by Crippen LogP contribution is -2.19. The Labute approximate surface area is 92.5 Å². The van der Waals surface area contributed by atoms with Gasteiger partial charge in [-0.2, -0.15) is 5.10 Å². The molecule has 2 rings (SSSR count). The van der Waals surface area contributed by atoms with Gasteiger partial charge in [0.1, 0.15) is 0 Å². The zero-order chi connectivity index (χ0) is 11.7. The van der Waals surface area contributed by atoms with E-state index in [2.05, 4.69) is 10.3 Å². The monoisotopic (exact) mass is 223 g/mol. The minimum Gasteiger partial charge on any atom is -0.478 e. The van der Waals surface area contributed by atoms with Crippen LogP contribution in [-0.2, 0) is 16.2 Å². The topological polar surface area (TPSA) is 76.7 Å². The molecule has 1 aromatic heterocycles. The van der Waals surface area contributed by atoms with Gasteiger partial charge in [-0.1, -0.05) is 5.16 Å². The van der Waals surface area contributed by atoms with Gasteiger partial charge in [0.25, 0.3) is 0 Å². The number of hydrogen-bond acceptors (Lipinski definition) is 4. The molecule has 0 amide bonds. The third kappa shape index (κ3) is 1.78. The van der Waals surface area contributed by atoms with E-state index in [9.17, 15) is 4.79 Å². The van der Waals surface area contributed by atoms with E-state index < -0.39 is 12.1 Å². The Morgan fingerprint density at radius 2 is 2.50 bits per heavy atom. The lowest BCUT2D eigenvalue weighted by molar-refractivity contribution is -0.148. The average molecular weight is 223 g/mol. The van der Waals surface area contributed by atoms with E-state index in [-0.39, 0.29) is 0 Å². The normalized spacial score (nSPS) is 19.4. The first-order chi connectivity index (χ1) is 7.61. The van der Waals surface area contributed by atoms with Crippen molar-refractivity contribution in [3.8, 4) is 0 Å². The largest absolute Gasteiger partial charge is 0.478 e. The molecule has 6 heteroatoms. The van der Waals surface area contributed by atoms with Gasteiger partial charge >= 0.3 is 5.97 Å². The standard InChI is InChI=1S/C10H13N3O3/c1-3-13-5-7(6(2)11-13)8-4-9(10(14)15)16-12-8/h5,9H,3-4H2,1-2H3,(H,14,15)/t9-/m1/s1. The Kier molecular flexibility index (Phi) is 2.64. The van der Waals surface area contributed by atoms with E-state index in [1.54, 1.807) is 4.68 Å². The van der Waals surface area contributed by atoms with Crippen molar-refractivity contribution in [1.29, 1.82) is 0 Å². The first-order valence-corrected chi connectivity index (χ1v) is 5.11. The number of carboxylic acids is 1. The molecule has 1 aromatic rings. The molecule has 0 spiro atoms. The van der Waals surface area contributed by atoms with Crippen LogP contribution in [0.3, 0.4) is 0 Å². The van der Waals surface area contributed by atoms with Crippen molar-refractivity contribution in [3.05, 3.63) is 17.5 Å². The van der Waals surface area contributed by atoms with Crippen molar-refractivity contribution < 1.29 is 14.7 Å². The van der Waals surface area contributed by atoms with Crippen LogP contribution in [-0.4, -0.2) is 32.7 Å². The van der Waals surface area contributed by atoms with Crippen LogP contribution in [0.1, 0.15) is 24.6 Å². The maximum absolute atomic E-state index is 10.7. The molecule has 0 bridgehead atoms. The quantitative estimate of drug-likeness (QED) is 0.821. The smallest absolute Gasteiger partial charge is 0.348 e. The van der Waals surface area contributed by atoms with Crippen molar-refractivity contribution in [3.63, 3.8) is 0 Å². The molecule has 16 heavy (non-hydrogen) atoms. The fraction of sp³-hybridized carbons (Fsp3) is 0.500. The molecule has 1 N–H and O–H groups in total. The van der Waals surface area contributed by atoms with Gasteiger partial charge in [-0.15, -0.1) is 0 Å². The molecule has 0 aliphatic carbocycles. The number of hydrogen-bond donors (Lipinski definition) is 1. The maximum atomic E-state index is 10.7. The zero-order valence-electron chi connectivity index (χ0n) is 9.17. The van der Waals surface area contributed by atoms with Crippen LogP contribution >= 0.6 is 0 Å². The molecule has 0 aromatic carbocycles. The van der Waals surface area contributed by atoms with Gasteiger partial charge in [0.2, 0.25) is 6.10 Å². The fourth-order valence-electron chi connectivity index (χ4n) is 1.63. The van der Waals surface area contributed by atoms with Gasteiger partial charge in [0.05, 0.1) is 11.4 Å². The summed E-state index contributed by atoms with van der Waals surface area (Å²) in [4.78, 5) is 15.5. The molecular weight excluding hydrogens is 210 g/mol. The third-order valence-electron chi connectivity index (χ3n) is 2.53. The number of nitrogens with zero attached hydrogens (tertiary/aromatic N) is 3. The molecule has 0 fully saturated rings. The predicted octanol–water partition coefficient (Wildman–Crippen LogP) is 0.789. The van der Waals surface area contributed by atoms with Crippen molar-refractivity contribution in [2.45, 2.75) is 32.9 Å². The second-order valence-electron chi connectivity index (χ2n) is 3.66. The summed E-state index contributed by atoms with van der Waals surface area (Å²) < 4.78 is 1.79. The Morgan fingerprint density at radius 1 is 1.75 bits per heavy atom. The van der Waals surface area contributed by atoms with Gasteiger partial charge in [0.15, 0.2) is 0 Å². The minimum absolute atomic E-state index is 0.297. The van der Waals surface area contributed by atoms with E-state index in [1.807, 2.05) is 20.0 Å². The molecule has 1 aliphatic heterocycles. The minimum atomic E-state index is -0.987. The highest BCUT2D eigenvalue weighted by atomic mass is 16.7. The van der Waals surface area contributed by atoms with E-state index in [4.69, 9.17) is 9.94 Å². The number of aryl methyl sites for hydroxylation is 2. The van der Waals surface area contributed by atoms with Crippen LogP contribution < -0.4 is 0 Å². The fourth-order valence-corrected chi connectivity index (χ4v) is 1.63. The van der Waals surface area contributed by atoms with E-state index >= 15 is 0 Å². The summed E-state index contributed by atoms with van der Waals surface area (Å²) in [7, 11) is 0. The lowest BCUT2D eigenvalue weighted by atomic mass is 10.1. The molecule has 6 nitrogen and oxygen atoms in total. The second-order valence-corrected chi connectivity index (χ2v) is 3.66. The molecular formula is C10H13N3O3. The summed E-state index contributed by atoms with van der Waals surface area (Å²) >= 11 is 0. The third-order valence-corrected chi connectivity index (χ3v) is 2.53. The highest BCUT2D eigenvalue weighted by Gasteiger charge is 2.29. The van der Waals surface area contributed by atoms with Crippen LogP contribution in [0, 0.1) is 6.92 Å². The predicted molar refractivity (Wildman–Crippen MR) is 56.3 cm³/mol. The molecule has 0 unspecified atom stereocenters. The lowest BCUT2D eigenvalue weighted by Gasteiger charge is -1.99. The highest BCUT2D eigenvalue weighted by molar-refractivity contribution is 6.03. The van der Waals surface area contributed by atoms with Crippen LogP contribution in [0.4, 0.5) is 0 Å². The molecule has 0 saturated carbocycles. The molecule has 0 saturated heterocycles. The first kappa shape index (κ1) is 10.7. The Morgan fingerprint density at radius 3 is 3.00 bits per heavy atom. The van der Waals surface area contributed by atoms with E-state index in [1.165, 1.54) is 0 Å². The number of oxime groups is 1. The number of rotatable bonds is 3. The van der Waals surface area contributed by atoms with E-state index in [0.29, 0.717) is 12.1 Å². The summed E-state index contributed by atoms with van der Waals surface area (Å²) in [6, 6.07) is 0. The number of aromatic nitrogens is 2. The Bertz CT molecular complexity index is 450. The van der Waals surface area contributed by atoms with Crippen LogP contribution in [0.15, 0.2) is 11.4 Å². The zero-order valence-corrected chi connectivity index (χ0v) is 9.17. The van der Waals surface area contributed by atoms with Gasteiger partial charge in [0, 0.05) is 24.7 Å². The summed E-state index contributed by atoms with van der Waals surface area (Å²) in [6.07, 6.45) is 1.30. The van der Waals surface area contributed by atoms with Crippen molar-refractivity contribution in [2.75, 3.05) is 0 Å². The highest BCUT2D eigenvalue weighted by Crippen LogP contribution is 2.18.